The van der Waals surface area contributed by atoms with Gasteiger partial charge in [-0.1, -0.05) is 47.5 Å². The number of benzene rings is 3. The number of halogens is 2. The average molecular weight is 546 g/mol. The van der Waals surface area contributed by atoms with E-state index >= 15 is 0 Å². The molecule has 1 aromatic heterocycles. The van der Waals surface area contributed by atoms with Crippen LogP contribution in [0.3, 0.4) is 0 Å². The lowest BCUT2D eigenvalue weighted by molar-refractivity contribution is 0.0471. The van der Waals surface area contributed by atoms with Crippen LogP contribution in [0.2, 0.25) is 10.0 Å². The van der Waals surface area contributed by atoms with Crippen molar-refractivity contribution >= 4 is 57.5 Å². The zero-order chi connectivity index (χ0) is 26.8. The number of para-hydroxylation sites is 1. The molecule has 5 nitrogen and oxygen atoms in total. The number of allylic oxidation sites excluding steroid dienone is 1. The third-order valence-electron chi connectivity index (χ3n) is 6.70. The fraction of sp³-hybridized carbons (Fsp3) is 0.194. The van der Waals surface area contributed by atoms with Gasteiger partial charge in [-0.2, -0.15) is 0 Å². The van der Waals surface area contributed by atoms with E-state index in [1.54, 1.807) is 31.4 Å². The van der Waals surface area contributed by atoms with Gasteiger partial charge in [0, 0.05) is 16.5 Å². The van der Waals surface area contributed by atoms with Crippen molar-refractivity contribution in [3.63, 3.8) is 0 Å². The van der Waals surface area contributed by atoms with Crippen LogP contribution < -0.4 is 4.74 Å². The standard InChI is InChI=1S/C31H25Cl2NO4/c1-18(35)20-11-13-28(37-2)22(16-20)17-38-31(36)29-23-7-3-4-9-27(23)34-30-21(6-5-8-24(29)30)14-19-10-12-25(32)26(33)15-19/h3-4,7,9-16H,5-6,8,17H2,1-2H3. The van der Waals surface area contributed by atoms with Gasteiger partial charge in [-0.05, 0) is 85.4 Å². The Morgan fingerprint density at radius 1 is 1.00 bits per heavy atom. The highest BCUT2D eigenvalue weighted by atomic mass is 35.5. The van der Waals surface area contributed by atoms with E-state index in [2.05, 4.69) is 6.08 Å². The van der Waals surface area contributed by atoms with Gasteiger partial charge in [-0.3, -0.25) is 4.79 Å². The second-order valence-corrected chi connectivity index (χ2v) is 10.0. The van der Waals surface area contributed by atoms with E-state index in [4.69, 9.17) is 37.7 Å². The summed E-state index contributed by atoms with van der Waals surface area (Å²) in [4.78, 5) is 30.5. The minimum Gasteiger partial charge on any atom is -0.496 e. The molecule has 0 saturated heterocycles. The molecule has 0 atom stereocenters. The second-order valence-electron chi connectivity index (χ2n) is 9.19. The summed E-state index contributed by atoms with van der Waals surface area (Å²) in [6.07, 6.45) is 4.45. The van der Waals surface area contributed by atoms with Crippen LogP contribution in [-0.4, -0.2) is 23.8 Å². The number of hydrogen-bond donors (Lipinski definition) is 0. The van der Waals surface area contributed by atoms with Gasteiger partial charge < -0.3 is 9.47 Å². The molecule has 0 bridgehead atoms. The van der Waals surface area contributed by atoms with E-state index in [1.165, 1.54) is 6.92 Å². The van der Waals surface area contributed by atoms with Crippen LogP contribution >= 0.6 is 23.2 Å². The Hall–Kier alpha value is -3.67. The number of fused-ring (bicyclic) bond motifs is 2. The van der Waals surface area contributed by atoms with Gasteiger partial charge in [-0.25, -0.2) is 9.78 Å². The van der Waals surface area contributed by atoms with Gasteiger partial charge in [0.2, 0.25) is 0 Å². The summed E-state index contributed by atoms with van der Waals surface area (Å²) in [7, 11) is 1.54. The lowest BCUT2D eigenvalue weighted by atomic mass is 9.86. The van der Waals surface area contributed by atoms with Gasteiger partial charge >= 0.3 is 5.97 Å². The number of aromatic nitrogens is 1. The highest BCUT2D eigenvalue weighted by Crippen LogP contribution is 2.37. The topological polar surface area (TPSA) is 65.5 Å². The normalized spacial score (nSPS) is 13.8. The van der Waals surface area contributed by atoms with Gasteiger partial charge in [0.25, 0.3) is 0 Å². The molecule has 5 rings (SSSR count). The molecule has 0 N–H and O–H groups in total. The third-order valence-corrected chi connectivity index (χ3v) is 7.44. The van der Waals surface area contributed by atoms with Crippen LogP contribution in [0.1, 0.15) is 62.9 Å². The molecule has 0 radical (unpaired) electrons. The zero-order valence-corrected chi connectivity index (χ0v) is 22.5. The third kappa shape index (κ3) is 5.17. The molecule has 0 amide bonds. The van der Waals surface area contributed by atoms with Gasteiger partial charge in [0.15, 0.2) is 5.78 Å². The molecule has 1 heterocycles. The molecule has 192 valence electrons. The van der Waals surface area contributed by atoms with Gasteiger partial charge in [0.05, 0.1) is 33.9 Å². The highest BCUT2D eigenvalue weighted by molar-refractivity contribution is 6.42. The van der Waals surface area contributed by atoms with Crippen molar-refractivity contribution in [1.29, 1.82) is 0 Å². The molecule has 0 unspecified atom stereocenters. The first-order valence-electron chi connectivity index (χ1n) is 12.3. The number of carbonyl (C=O) groups is 2. The van der Waals surface area contributed by atoms with Gasteiger partial charge in [0.1, 0.15) is 12.4 Å². The maximum atomic E-state index is 13.7. The summed E-state index contributed by atoms with van der Waals surface area (Å²) in [6.45, 7) is 1.47. The zero-order valence-electron chi connectivity index (χ0n) is 21.0. The number of nitrogens with zero attached hydrogens (tertiary/aromatic N) is 1. The van der Waals surface area contributed by atoms with Crippen molar-refractivity contribution in [2.75, 3.05) is 7.11 Å². The minimum absolute atomic E-state index is 0.0273. The predicted octanol–water partition coefficient (Wildman–Crippen LogP) is 7.99. The molecule has 3 aromatic carbocycles. The van der Waals surface area contributed by atoms with E-state index in [-0.39, 0.29) is 12.4 Å². The van der Waals surface area contributed by atoms with Gasteiger partial charge in [-0.15, -0.1) is 0 Å². The summed E-state index contributed by atoms with van der Waals surface area (Å²) < 4.78 is 11.3. The molecular formula is C31H25Cl2NO4. The van der Waals surface area contributed by atoms with Crippen LogP contribution in [0.15, 0.2) is 60.7 Å². The van der Waals surface area contributed by atoms with Crippen molar-refractivity contribution in [2.45, 2.75) is 32.8 Å². The summed E-state index contributed by atoms with van der Waals surface area (Å²) in [5.41, 5.74) is 6.00. The quantitative estimate of drug-likeness (QED) is 0.181. The summed E-state index contributed by atoms with van der Waals surface area (Å²) >= 11 is 12.3. The molecule has 0 spiro atoms. The fourth-order valence-electron chi connectivity index (χ4n) is 4.84. The predicted molar refractivity (Wildman–Crippen MR) is 151 cm³/mol. The Morgan fingerprint density at radius 3 is 2.58 bits per heavy atom. The molecule has 1 aliphatic rings. The Bertz CT molecular complexity index is 1610. The average Bonchev–Trinajstić information content (AvgIpc) is 2.92. The van der Waals surface area contributed by atoms with Crippen molar-refractivity contribution in [1.82, 2.24) is 4.98 Å². The number of methoxy groups -OCH3 is 1. The minimum atomic E-state index is -0.439. The first-order valence-corrected chi connectivity index (χ1v) is 13.0. The molecule has 0 saturated carbocycles. The summed E-state index contributed by atoms with van der Waals surface area (Å²) in [5.74, 6) is 0.0397. The lowest BCUT2D eigenvalue weighted by Crippen LogP contribution is -2.15. The summed E-state index contributed by atoms with van der Waals surface area (Å²) in [6, 6.07) is 18.2. The Kier molecular flexibility index (Phi) is 7.50. The SMILES string of the molecule is COc1ccc(C(C)=O)cc1COC(=O)c1c2c(nc3ccccc13)C(=Cc1ccc(Cl)c(Cl)c1)CCC2. The smallest absolute Gasteiger partial charge is 0.339 e. The first kappa shape index (κ1) is 26.0. The molecular weight excluding hydrogens is 521 g/mol. The largest absolute Gasteiger partial charge is 0.496 e. The Balaban J connectivity index is 1.56. The molecule has 0 fully saturated rings. The van der Waals surface area contributed by atoms with E-state index in [0.29, 0.717) is 38.9 Å². The summed E-state index contributed by atoms with van der Waals surface area (Å²) in [5, 5.41) is 1.73. The fourth-order valence-corrected chi connectivity index (χ4v) is 5.14. The second kappa shape index (κ2) is 11.0. The van der Waals surface area contributed by atoms with Crippen molar-refractivity contribution in [3.8, 4) is 5.75 Å². The van der Waals surface area contributed by atoms with Crippen LogP contribution in [0.4, 0.5) is 0 Å². The monoisotopic (exact) mass is 545 g/mol. The molecule has 7 heteroatoms. The number of hydrogen-bond acceptors (Lipinski definition) is 5. The van der Waals surface area contributed by atoms with Crippen LogP contribution in [0, 0.1) is 0 Å². The van der Waals surface area contributed by atoms with Crippen LogP contribution in [-0.2, 0) is 17.8 Å². The molecule has 0 aliphatic heterocycles. The van der Waals surface area contributed by atoms with E-state index in [9.17, 15) is 9.59 Å². The van der Waals surface area contributed by atoms with Crippen molar-refractivity contribution in [3.05, 3.63) is 104 Å². The first-order chi connectivity index (χ1) is 18.4. The maximum Gasteiger partial charge on any atom is 0.339 e. The maximum absolute atomic E-state index is 13.7. The number of ether oxygens (including phenoxy) is 2. The van der Waals surface area contributed by atoms with E-state index in [0.717, 1.165) is 46.1 Å². The Morgan fingerprint density at radius 2 is 1.82 bits per heavy atom. The number of carbonyl (C=O) groups excluding carboxylic acids is 2. The number of esters is 1. The van der Waals surface area contributed by atoms with Crippen molar-refractivity contribution < 1.29 is 19.1 Å². The lowest BCUT2D eigenvalue weighted by Gasteiger charge is -2.22. The molecule has 4 aromatic rings. The van der Waals surface area contributed by atoms with E-state index in [1.807, 2.05) is 36.4 Å². The molecule has 1 aliphatic carbocycles. The van der Waals surface area contributed by atoms with E-state index < -0.39 is 5.97 Å². The van der Waals surface area contributed by atoms with Crippen LogP contribution in [0.25, 0.3) is 22.6 Å². The number of ketones is 1. The van der Waals surface area contributed by atoms with Crippen LogP contribution in [0.5, 0.6) is 5.75 Å². The Labute approximate surface area is 231 Å². The number of rotatable bonds is 6. The van der Waals surface area contributed by atoms with Crippen molar-refractivity contribution in [2.24, 2.45) is 0 Å². The number of Topliss-reactive ketones (excluding diaryl/α,β-unsaturated/α-hetero) is 1. The number of pyridine rings is 1. The highest BCUT2D eigenvalue weighted by Gasteiger charge is 2.26. The molecule has 38 heavy (non-hydrogen) atoms.